The average molecular weight is 265 g/mol. The zero-order chi connectivity index (χ0) is 13.8. The van der Waals surface area contributed by atoms with Crippen molar-refractivity contribution in [1.29, 1.82) is 0 Å². The fraction of sp³-hybridized carbons (Fsp3) is 0.462. The third-order valence-corrected chi connectivity index (χ3v) is 3.29. The highest BCUT2D eigenvalue weighted by molar-refractivity contribution is 5.75. The maximum atomic E-state index is 11.5. The molecule has 1 heterocycles. The summed E-state index contributed by atoms with van der Waals surface area (Å²) in [6.07, 6.45) is 0.969. The molecule has 0 spiro atoms. The number of phenols is 1. The van der Waals surface area contributed by atoms with Crippen LogP contribution in [0.1, 0.15) is 18.0 Å². The van der Waals surface area contributed by atoms with Gasteiger partial charge in [0.1, 0.15) is 11.8 Å². The van der Waals surface area contributed by atoms with Crippen LogP contribution >= 0.6 is 0 Å². The van der Waals surface area contributed by atoms with Gasteiger partial charge in [-0.05, 0) is 31.2 Å². The summed E-state index contributed by atoms with van der Waals surface area (Å²) in [6.45, 7) is 1.52. The predicted molar refractivity (Wildman–Crippen MR) is 70.7 cm³/mol. The molecule has 0 saturated carbocycles. The van der Waals surface area contributed by atoms with Crippen molar-refractivity contribution in [3.05, 3.63) is 29.8 Å². The largest absolute Gasteiger partial charge is 0.508 e. The minimum atomic E-state index is -0.918. The van der Waals surface area contributed by atoms with Gasteiger partial charge in [0.25, 0.3) is 0 Å². The first-order chi connectivity index (χ1) is 9.08. The van der Waals surface area contributed by atoms with Crippen molar-refractivity contribution < 1.29 is 15.0 Å². The van der Waals surface area contributed by atoms with E-state index < -0.39 is 12.0 Å². The van der Waals surface area contributed by atoms with Crippen LogP contribution < -0.4 is 10.9 Å². The normalized spacial score (nSPS) is 20.6. The maximum absolute atomic E-state index is 11.5. The molecule has 1 fully saturated rings. The quantitative estimate of drug-likeness (QED) is 0.613. The van der Waals surface area contributed by atoms with Gasteiger partial charge in [0.05, 0.1) is 0 Å². The Labute approximate surface area is 112 Å². The van der Waals surface area contributed by atoms with Crippen molar-refractivity contribution in [3.8, 4) is 5.75 Å². The van der Waals surface area contributed by atoms with E-state index in [9.17, 15) is 15.0 Å². The number of aromatic hydroxyl groups is 1. The third kappa shape index (κ3) is 3.44. The summed E-state index contributed by atoms with van der Waals surface area (Å²) < 4.78 is 0. The van der Waals surface area contributed by atoms with Gasteiger partial charge in [-0.2, -0.15) is 0 Å². The average Bonchev–Trinajstić information content (AvgIpc) is 2.81. The molecular weight excluding hydrogens is 246 g/mol. The van der Waals surface area contributed by atoms with Crippen molar-refractivity contribution >= 4 is 5.97 Å². The van der Waals surface area contributed by atoms with E-state index in [1.807, 2.05) is 0 Å². The van der Waals surface area contributed by atoms with Crippen molar-refractivity contribution in [2.75, 3.05) is 20.1 Å². The Kier molecular flexibility index (Phi) is 4.36. The second-order valence-corrected chi connectivity index (χ2v) is 4.83. The predicted octanol–water partition coefficient (Wildman–Crippen LogP) is 0.316. The minimum absolute atomic E-state index is 0.0813. The molecule has 6 heteroatoms. The van der Waals surface area contributed by atoms with E-state index in [1.165, 1.54) is 12.1 Å². The van der Waals surface area contributed by atoms with Gasteiger partial charge >= 0.3 is 5.97 Å². The number of nitrogens with zero attached hydrogens (tertiary/aromatic N) is 1. The van der Waals surface area contributed by atoms with Crippen molar-refractivity contribution in [3.63, 3.8) is 0 Å². The summed E-state index contributed by atoms with van der Waals surface area (Å²) in [5, 5.41) is 18.9. The molecule has 1 aliphatic rings. The molecule has 0 bridgehead atoms. The number of hydrogen-bond acceptors (Lipinski definition) is 5. The molecule has 1 aliphatic heterocycles. The molecule has 104 valence electrons. The molecule has 19 heavy (non-hydrogen) atoms. The highest BCUT2D eigenvalue weighted by Gasteiger charge is 2.27. The Hall–Kier alpha value is -1.63. The van der Waals surface area contributed by atoms with Crippen LogP contribution in [0.4, 0.5) is 0 Å². The van der Waals surface area contributed by atoms with Crippen LogP contribution in [0.3, 0.4) is 0 Å². The van der Waals surface area contributed by atoms with Crippen LogP contribution in [0.25, 0.3) is 0 Å². The summed E-state index contributed by atoms with van der Waals surface area (Å²) in [5.41, 5.74) is 6.73. The second-order valence-electron chi connectivity index (χ2n) is 4.83. The highest BCUT2D eigenvalue weighted by atomic mass is 16.4. The molecule has 2 unspecified atom stereocenters. The van der Waals surface area contributed by atoms with Gasteiger partial charge in [-0.25, -0.2) is 0 Å². The summed E-state index contributed by atoms with van der Waals surface area (Å²) in [6, 6.07) is 5.89. The van der Waals surface area contributed by atoms with Gasteiger partial charge in [-0.1, -0.05) is 12.1 Å². The smallest absolute Gasteiger partial charge is 0.325 e. The number of aliphatic carboxylic acids is 1. The zero-order valence-corrected chi connectivity index (χ0v) is 10.8. The van der Waals surface area contributed by atoms with E-state index in [2.05, 4.69) is 10.9 Å². The number of hydrazine groups is 1. The SMILES string of the molecule is CN(CC1CCNN1)C(C(=O)O)c1cccc(O)c1. The standard InChI is InChI=1S/C13H19N3O3/c1-16(8-10-5-6-14-15-10)12(13(18)19)9-3-2-4-11(17)7-9/h2-4,7,10,12,14-15,17H,5-6,8H2,1H3,(H,18,19). The molecule has 1 aromatic rings. The summed E-state index contributed by atoms with van der Waals surface area (Å²) >= 11 is 0. The first-order valence-corrected chi connectivity index (χ1v) is 6.28. The van der Waals surface area contributed by atoms with Crippen molar-refractivity contribution in [2.45, 2.75) is 18.5 Å². The lowest BCUT2D eigenvalue weighted by molar-refractivity contribution is -0.143. The van der Waals surface area contributed by atoms with Crippen LogP contribution in [-0.2, 0) is 4.79 Å². The lowest BCUT2D eigenvalue weighted by Gasteiger charge is -2.27. The number of carboxylic acids is 1. The molecule has 2 rings (SSSR count). The lowest BCUT2D eigenvalue weighted by atomic mass is 10.0. The number of nitrogens with one attached hydrogen (secondary N) is 2. The molecule has 0 radical (unpaired) electrons. The van der Waals surface area contributed by atoms with E-state index in [4.69, 9.17) is 0 Å². The number of carboxylic acid groups (broad SMARTS) is 1. The molecule has 0 aromatic heterocycles. The van der Waals surface area contributed by atoms with Crippen molar-refractivity contribution in [2.24, 2.45) is 0 Å². The van der Waals surface area contributed by atoms with Gasteiger partial charge in [-0.3, -0.25) is 20.5 Å². The summed E-state index contributed by atoms with van der Waals surface area (Å²) in [5.74, 6) is -0.836. The summed E-state index contributed by atoms with van der Waals surface area (Å²) in [4.78, 5) is 13.2. The van der Waals surface area contributed by atoms with E-state index in [0.717, 1.165) is 13.0 Å². The maximum Gasteiger partial charge on any atom is 0.325 e. The Balaban J connectivity index is 2.12. The number of phenolic OH excluding ortho intramolecular Hbond substituents is 1. The molecule has 6 nitrogen and oxygen atoms in total. The first-order valence-electron chi connectivity index (χ1n) is 6.28. The van der Waals surface area contributed by atoms with E-state index in [1.54, 1.807) is 24.1 Å². The van der Waals surface area contributed by atoms with Crippen LogP contribution in [0.5, 0.6) is 5.75 Å². The van der Waals surface area contributed by atoms with E-state index in [-0.39, 0.29) is 11.8 Å². The highest BCUT2D eigenvalue weighted by Crippen LogP contribution is 2.23. The topological polar surface area (TPSA) is 84.8 Å². The lowest BCUT2D eigenvalue weighted by Crippen LogP contribution is -2.42. The van der Waals surface area contributed by atoms with Gasteiger partial charge in [0.15, 0.2) is 0 Å². The number of carbonyl (C=O) groups is 1. The molecule has 1 aromatic carbocycles. The molecule has 1 saturated heterocycles. The van der Waals surface area contributed by atoms with Crippen LogP contribution in [-0.4, -0.2) is 47.3 Å². The molecule has 4 N–H and O–H groups in total. The minimum Gasteiger partial charge on any atom is -0.508 e. The Morgan fingerprint density at radius 3 is 2.95 bits per heavy atom. The van der Waals surface area contributed by atoms with Gasteiger partial charge < -0.3 is 10.2 Å². The Bertz CT molecular complexity index is 447. The van der Waals surface area contributed by atoms with Crippen LogP contribution in [0.15, 0.2) is 24.3 Å². The Morgan fingerprint density at radius 1 is 1.58 bits per heavy atom. The number of hydrogen-bond donors (Lipinski definition) is 4. The van der Waals surface area contributed by atoms with Gasteiger partial charge in [0.2, 0.25) is 0 Å². The van der Waals surface area contributed by atoms with E-state index in [0.29, 0.717) is 12.1 Å². The van der Waals surface area contributed by atoms with Crippen molar-refractivity contribution in [1.82, 2.24) is 15.8 Å². The monoisotopic (exact) mass is 265 g/mol. The zero-order valence-electron chi connectivity index (χ0n) is 10.8. The fourth-order valence-electron chi connectivity index (χ4n) is 2.41. The van der Waals surface area contributed by atoms with E-state index >= 15 is 0 Å². The molecule has 0 aliphatic carbocycles. The Morgan fingerprint density at radius 2 is 2.37 bits per heavy atom. The molecular formula is C13H19N3O3. The fourth-order valence-corrected chi connectivity index (χ4v) is 2.41. The second kappa shape index (κ2) is 6.01. The number of benzene rings is 1. The molecule has 2 atom stereocenters. The first kappa shape index (κ1) is 13.8. The van der Waals surface area contributed by atoms with Crippen LogP contribution in [0.2, 0.25) is 0 Å². The molecule has 0 amide bonds. The van der Waals surface area contributed by atoms with Gasteiger partial charge in [0, 0.05) is 19.1 Å². The number of rotatable bonds is 5. The van der Waals surface area contributed by atoms with Gasteiger partial charge in [-0.15, -0.1) is 0 Å². The third-order valence-electron chi connectivity index (χ3n) is 3.29. The summed E-state index contributed by atoms with van der Waals surface area (Å²) in [7, 11) is 1.78. The number of likely N-dealkylation sites (N-methyl/N-ethyl adjacent to an activating group) is 1. The van der Waals surface area contributed by atoms with Crippen LogP contribution in [0, 0.1) is 0 Å².